The summed E-state index contributed by atoms with van der Waals surface area (Å²) in [6.45, 7) is -3.05. The number of alkyl halides is 5. The first kappa shape index (κ1) is 23.9. The lowest BCUT2D eigenvalue weighted by molar-refractivity contribution is -0.162. The quantitative estimate of drug-likeness (QED) is 0.496. The van der Waals surface area contributed by atoms with Crippen LogP contribution in [0.1, 0.15) is 17.2 Å². The van der Waals surface area contributed by atoms with Gasteiger partial charge in [-0.05, 0) is 23.8 Å². The van der Waals surface area contributed by atoms with Crippen LogP contribution in [0.3, 0.4) is 0 Å². The zero-order chi connectivity index (χ0) is 22.3. The number of thioether (sulfide) groups is 1. The smallest absolute Gasteiger partial charge is 0.407 e. The van der Waals surface area contributed by atoms with Crippen molar-refractivity contribution in [1.82, 2.24) is 5.32 Å². The fourth-order valence-electron chi connectivity index (χ4n) is 2.55. The van der Waals surface area contributed by atoms with Crippen LogP contribution in [0.2, 0.25) is 0 Å². The summed E-state index contributed by atoms with van der Waals surface area (Å²) in [6, 6.07) is 5.45. The Morgan fingerprint density at radius 3 is 2.30 bits per heavy atom. The lowest BCUT2D eigenvalue weighted by atomic mass is 10.1. The number of carboxylic acid groups (broad SMARTS) is 1. The van der Waals surface area contributed by atoms with E-state index in [1.807, 2.05) is 5.32 Å². The van der Waals surface area contributed by atoms with Gasteiger partial charge in [-0.15, -0.1) is 0 Å². The molecule has 0 fully saturated rings. The molecular weight excluding hydrogens is 436 g/mol. The largest absolute Gasteiger partial charge is 0.480 e. The molecule has 0 amide bonds. The Hall–Kier alpha value is -2.40. The van der Waals surface area contributed by atoms with Gasteiger partial charge in [0, 0.05) is 17.1 Å². The first-order valence-electron chi connectivity index (χ1n) is 8.49. The Morgan fingerprint density at radius 2 is 1.73 bits per heavy atom. The van der Waals surface area contributed by atoms with Gasteiger partial charge in [0.05, 0.1) is 0 Å². The van der Waals surface area contributed by atoms with Crippen molar-refractivity contribution in [2.24, 2.45) is 0 Å². The maximum absolute atomic E-state index is 13.4. The molecule has 0 unspecified atom stereocenters. The minimum absolute atomic E-state index is 0.0432. The van der Waals surface area contributed by atoms with Gasteiger partial charge in [-0.1, -0.05) is 30.3 Å². The number of carboxylic acids is 1. The predicted molar refractivity (Wildman–Crippen MR) is 99.0 cm³/mol. The van der Waals surface area contributed by atoms with Gasteiger partial charge in [-0.3, -0.25) is 10.1 Å². The van der Waals surface area contributed by atoms with Gasteiger partial charge in [0.1, 0.15) is 23.7 Å². The summed E-state index contributed by atoms with van der Waals surface area (Å²) in [4.78, 5) is 11.5. The van der Waals surface area contributed by atoms with Crippen LogP contribution in [-0.2, 0) is 10.5 Å². The summed E-state index contributed by atoms with van der Waals surface area (Å²) in [5.41, 5.74) is 0.00803. The van der Waals surface area contributed by atoms with Crippen molar-refractivity contribution in [2.45, 2.75) is 30.6 Å². The third kappa shape index (κ3) is 7.13. The molecule has 30 heavy (non-hydrogen) atoms. The highest BCUT2D eigenvalue weighted by Gasteiger charge is 2.42. The number of hydrogen-bond donors (Lipinski definition) is 2. The number of nitrogens with one attached hydrogen (secondary N) is 1. The number of benzene rings is 2. The Labute approximate surface area is 172 Å². The van der Waals surface area contributed by atoms with Gasteiger partial charge >= 0.3 is 18.8 Å². The van der Waals surface area contributed by atoms with E-state index in [0.29, 0.717) is 5.56 Å². The van der Waals surface area contributed by atoms with Crippen molar-refractivity contribution in [3.63, 3.8) is 0 Å². The Balaban J connectivity index is 2.08. The van der Waals surface area contributed by atoms with Crippen LogP contribution >= 0.6 is 11.8 Å². The third-order valence-corrected chi connectivity index (χ3v) is 5.01. The summed E-state index contributed by atoms with van der Waals surface area (Å²) in [5, 5.41) is 11.4. The van der Waals surface area contributed by atoms with E-state index in [0.717, 1.165) is 36.0 Å². The molecule has 0 aliphatic rings. The lowest BCUT2D eigenvalue weighted by Crippen LogP contribution is -2.46. The molecule has 0 bridgehead atoms. The van der Waals surface area contributed by atoms with Crippen LogP contribution in [-0.4, -0.2) is 35.7 Å². The molecule has 0 saturated heterocycles. The van der Waals surface area contributed by atoms with E-state index in [-0.39, 0.29) is 22.8 Å². The summed E-state index contributed by atoms with van der Waals surface area (Å²) < 4.78 is 82.6. The van der Waals surface area contributed by atoms with E-state index in [2.05, 4.69) is 4.74 Å². The van der Waals surface area contributed by atoms with E-state index in [1.165, 1.54) is 18.2 Å². The van der Waals surface area contributed by atoms with Crippen molar-refractivity contribution in [3.8, 4) is 5.75 Å². The average Bonchev–Trinajstić information content (AvgIpc) is 2.65. The molecule has 2 rings (SSSR count). The molecule has 2 atom stereocenters. The Bertz CT molecular complexity index is 832. The minimum Gasteiger partial charge on any atom is -0.480 e. The maximum Gasteiger partial charge on any atom is 0.407 e. The van der Waals surface area contributed by atoms with Crippen molar-refractivity contribution in [3.05, 3.63) is 65.5 Å². The Kier molecular flexibility index (Phi) is 8.42. The molecule has 11 heteroatoms. The first-order valence-corrected chi connectivity index (χ1v) is 9.65. The third-order valence-electron chi connectivity index (χ3n) is 3.93. The van der Waals surface area contributed by atoms with Crippen molar-refractivity contribution < 1.29 is 41.0 Å². The van der Waals surface area contributed by atoms with Crippen molar-refractivity contribution in [2.75, 3.05) is 5.75 Å². The van der Waals surface area contributed by atoms with Crippen LogP contribution in [0.4, 0.5) is 26.3 Å². The van der Waals surface area contributed by atoms with Gasteiger partial charge in [0.15, 0.2) is 0 Å². The van der Waals surface area contributed by atoms with Gasteiger partial charge in [0.25, 0.3) is 0 Å². The molecule has 0 radical (unpaired) electrons. The topological polar surface area (TPSA) is 58.6 Å². The molecule has 0 aromatic heterocycles. The molecule has 0 saturated carbocycles. The fraction of sp³-hybridized carbons (Fsp3) is 0.316. The number of halogens is 6. The van der Waals surface area contributed by atoms with Crippen LogP contribution in [0.5, 0.6) is 5.75 Å². The van der Waals surface area contributed by atoms with Gasteiger partial charge in [-0.25, -0.2) is 4.39 Å². The van der Waals surface area contributed by atoms with Crippen molar-refractivity contribution >= 4 is 17.7 Å². The second-order valence-electron chi connectivity index (χ2n) is 6.09. The number of ether oxygens (including phenoxy) is 1. The Morgan fingerprint density at radius 1 is 1.10 bits per heavy atom. The van der Waals surface area contributed by atoms with E-state index < -0.39 is 36.7 Å². The van der Waals surface area contributed by atoms with Crippen LogP contribution in [0, 0.1) is 5.82 Å². The second-order valence-corrected chi connectivity index (χ2v) is 7.12. The number of carbonyl (C=O) groups is 1. The average molecular weight is 453 g/mol. The molecule has 2 aromatic carbocycles. The molecule has 164 valence electrons. The molecule has 0 aliphatic heterocycles. The van der Waals surface area contributed by atoms with E-state index in [1.54, 1.807) is 6.07 Å². The first-order chi connectivity index (χ1) is 14.1. The number of hydrogen-bond acceptors (Lipinski definition) is 4. The number of para-hydroxylation sites is 1. The highest BCUT2D eigenvalue weighted by Crippen LogP contribution is 2.33. The van der Waals surface area contributed by atoms with E-state index >= 15 is 0 Å². The maximum atomic E-state index is 13.4. The zero-order valence-electron chi connectivity index (χ0n) is 15.2. The SMILES string of the molecule is O=C(O)[C@H](CSCc1ccccc1OC(F)F)N[C@@H](c1ccc(F)cc1)C(F)(F)F. The van der Waals surface area contributed by atoms with Gasteiger partial charge < -0.3 is 9.84 Å². The number of rotatable bonds is 10. The zero-order valence-corrected chi connectivity index (χ0v) is 16.0. The molecule has 0 aliphatic carbocycles. The number of aliphatic carboxylic acids is 1. The lowest BCUT2D eigenvalue weighted by Gasteiger charge is -2.26. The molecular formula is C19H17F6NO3S. The van der Waals surface area contributed by atoms with E-state index in [9.17, 15) is 36.2 Å². The fourth-order valence-corrected chi connectivity index (χ4v) is 3.60. The van der Waals surface area contributed by atoms with Crippen LogP contribution < -0.4 is 10.1 Å². The molecule has 2 aromatic rings. The highest BCUT2D eigenvalue weighted by molar-refractivity contribution is 7.98. The minimum atomic E-state index is -4.83. The normalized spacial score (nSPS) is 13.8. The second kappa shape index (κ2) is 10.6. The molecule has 4 nitrogen and oxygen atoms in total. The van der Waals surface area contributed by atoms with E-state index in [4.69, 9.17) is 0 Å². The summed E-state index contributed by atoms with van der Waals surface area (Å²) in [7, 11) is 0. The monoisotopic (exact) mass is 453 g/mol. The predicted octanol–water partition coefficient (Wildman–Crippen LogP) is 5.01. The summed E-state index contributed by atoms with van der Waals surface area (Å²) in [5.74, 6) is -2.58. The summed E-state index contributed by atoms with van der Waals surface area (Å²) >= 11 is 0.939. The summed E-state index contributed by atoms with van der Waals surface area (Å²) in [6.07, 6.45) is -4.83. The standard InChI is InChI=1S/C19H17F6NO3S/c20-13-7-5-11(6-8-13)16(19(23,24)25)26-14(17(27)28)10-30-9-12-3-1-2-4-15(12)29-18(21)22/h1-8,14,16,18,26H,9-10H2,(H,27,28)/t14-,16-/m0/s1. The van der Waals surface area contributed by atoms with Gasteiger partial charge in [-0.2, -0.15) is 33.7 Å². The van der Waals surface area contributed by atoms with Gasteiger partial charge in [0.2, 0.25) is 0 Å². The van der Waals surface area contributed by atoms with Crippen LogP contribution in [0.15, 0.2) is 48.5 Å². The molecule has 0 spiro atoms. The highest BCUT2D eigenvalue weighted by atomic mass is 32.2. The van der Waals surface area contributed by atoms with Crippen LogP contribution in [0.25, 0.3) is 0 Å². The van der Waals surface area contributed by atoms with Crippen molar-refractivity contribution in [1.29, 1.82) is 0 Å². The molecule has 0 heterocycles. The molecule has 2 N–H and O–H groups in total.